The van der Waals surface area contributed by atoms with Gasteiger partial charge in [0.25, 0.3) is 0 Å². The highest BCUT2D eigenvalue weighted by molar-refractivity contribution is 7.18. The lowest BCUT2D eigenvalue weighted by atomic mass is 9.89. The molecule has 2 aromatic heterocycles. The van der Waals surface area contributed by atoms with Crippen molar-refractivity contribution < 1.29 is 27.8 Å². The number of aromatic nitrogens is 2. The summed E-state index contributed by atoms with van der Waals surface area (Å²) in [6.45, 7) is 0. The number of carboxylic acid groups (broad SMARTS) is 1. The van der Waals surface area contributed by atoms with Crippen LogP contribution in [0.15, 0.2) is 60.2 Å². The number of ether oxygens (including phenoxy) is 1. The van der Waals surface area contributed by atoms with Gasteiger partial charge in [-0.05, 0) is 66.5 Å². The number of halogens is 4. The summed E-state index contributed by atoms with van der Waals surface area (Å²) < 4.78 is 49.6. The molecule has 0 amide bonds. The first-order valence-electron chi connectivity index (χ1n) is 12.6. The Morgan fingerprint density at radius 3 is 2.58 bits per heavy atom. The number of nitrogens with two attached hydrogens (primary N) is 1. The Balaban J connectivity index is 1.50. The average molecular weight is 588 g/mol. The van der Waals surface area contributed by atoms with E-state index in [0.29, 0.717) is 32.8 Å². The molecule has 3 N–H and O–H groups in total. The van der Waals surface area contributed by atoms with Gasteiger partial charge in [0.2, 0.25) is 12.0 Å². The number of aliphatic carboxylic acids is 1. The summed E-state index contributed by atoms with van der Waals surface area (Å²) in [5.74, 6) is -1.25. The molecule has 2 aromatic carbocycles. The van der Waals surface area contributed by atoms with E-state index >= 15 is 0 Å². The number of thiophene rings is 1. The lowest BCUT2D eigenvalue weighted by molar-refractivity contribution is -0.198. The summed E-state index contributed by atoms with van der Waals surface area (Å²) in [6.07, 6.45) is -0.283. The average Bonchev–Trinajstić information content (AvgIpc) is 3.37. The predicted octanol–water partition coefficient (Wildman–Crippen LogP) is 7.61. The molecule has 6 nitrogen and oxygen atoms in total. The highest BCUT2D eigenvalue weighted by atomic mass is 35.5. The topological polar surface area (TPSA) is 98.3 Å². The Hall–Kier alpha value is -3.47. The number of fused-ring (bicyclic) bond motifs is 1. The molecule has 1 aliphatic rings. The summed E-state index contributed by atoms with van der Waals surface area (Å²) in [6, 6.07) is 10.5. The lowest BCUT2D eigenvalue weighted by Gasteiger charge is -2.25. The van der Waals surface area contributed by atoms with Gasteiger partial charge >= 0.3 is 12.1 Å². The third-order valence-electron chi connectivity index (χ3n) is 6.82. The van der Waals surface area contributed by atoms with Crippen LogP contribution in [0.5, 0.6) is 5.88 Å². The fraction of sp³-hybridized carbons (Fsp3) is 0.276. The van der Waals surface area contributed by atoms with Crippen molar-refractivity contribution in [3.05, 3.63) is 82.0 Å². The van der Waals surface area contributed by atoms with Gasteiger partial charge in [0.05, 0.1) is 5.52 Å². The van der Waals surface area contributed by atoms with Crippen molar-refractivity contribution in [1.82, 2.24) is 9.97 Å². The second-order valence-corrected chi connectivity index (χ2v) is 10.9. The minimum Gasteiger partial charge on any atom is -0.480 e. The normalized spacial score (nSPS) is 15.5. The van der Waals surface area contributed by atoms with Crippen LogP contribution in [0.4, 0.5) is 13.2 Å². The van der Waals surface area contributed by atoms with Crippen LogP contribution in [0, 0.1) is 0 Å². The van der Waals surface area contributed by atoms with Crippen LogP contribution in [0.3, 0.4) is 0 Å². The first-order valence-corrected chi connectivity index (χ1v) is 13.9. The van der Waals surface area contributed by atoms with Gasteiger partial charge in [0, 0.05) is 21.5 Å². The number of nitrogens with zero attached hydrogens (tertiary/aromatic N) is 2. The highest BCUT2D eigenvalue weighted by Gasteiger charge is 2.45. The molecular weight excluding hydrogens is 563 g/mol. The van der Waals surface area contributed by atoms with E-state index < -0.39 is 24.3 Å². The molecule has 0 saturated heterocycles. The smallest absolute Gasteiger partial charge is 0.429 e. The molecule has 5 rings (SSSR count). The molecule has 0 saturated carbocycles. The zero-order valence-corrected chi connectivity index (χ0v) is 22.7. The van der Waals surface area contributed by atoms with Crippen molar-refractivity contribution in [2.75, 3.05) is 0 Å². The maximum absolute atomic E-state index is 14.5. The van der Waals surface area contributed by atoms with E-state index in [1.165, 1.54) is 29.8 Å². The molecule has 0 aliphatic heterocycles. The SMILES string of the molecule is NC(Cc1ccc(-c2csc3c(OC(c4ccc(Cl)cc4C4=CCCCC4)C(F)(F)F)ncnc23)cc1)C(=O)O. The van der Waals surface area contributed by atoms with Crippen molar-refractivity contribution in [3.8, 4) is 17.0 Å². The monoisotopic (exact) mass is 587 g/mol. The van der Waals surface area contributed by atoms with E-state index in [-0.39, 0.29) is 17.9 Å². The largest absolute Gasteiger partial charge is 0.480 e. The van der Waals surface area contributed by atoms with Crippen molar-refractivity contribution in [2.45, 2.75) is 50.4 Å². The van der Waals surface area contributed by atoms with Gasteiger partial charge in [-0.2, -0.15) is 13.2 Å². The summed E-state index contributed by atoms with van der Waals surface area (Å²) in [5, 5.41) is 11.2. The molecule has 0 spiro atoms. The quantitative estimate of drug-likeness (QED) is 0.220. The van der Waals surface area contributed by atoms with Gasteiger partial charge in [-0.15, -0.1) is 11.3 Å². The van der Waals surface area contributed by atoms with Crippen molar-refractivity contribution in [2.24, 2.45) is 5.73 Å². The van der Waals surface area contributed by atoms with Crippen molar-refractivity contribution in [3.63, 3.8) is 0 Å². The van der Waals surface area contributed by atoms with Gasteiger partial charge in [0.1, 0.15) is 17.1 Å². The molecular formula is C29H25ClF3N3O3S. The number of carboxylic acids is 1. The molecule has 40 heavy (non-hydrogen) atoms. The minimum atomic E-state index is -4.72. The lowest BCUT2D eigenvalue weighted by Crippen LogP contribution is -2.32. The Morgan fingerprint density at radius 2 is 1.90 bits per heavy atom. The number of hydrogen-bond acceptors (Lipinski definition) is 6. The summed E-state index contributed by atoms with van der Waals surface area (Å²) in [5.41, 5.74) is 9.55. The summed E-state index contributed by atoms with van der Waals surface area (Å²) >= 11 is 7.39. The number of alkyl halides is 3. The first kappa shape index (κ1) is 28.1. The number of carbonyl (C=O) groups is 1. The number of hydrogen-bond donors (Lipinski definition) is 2. The highest BCUT2D eigenvalue weighted by Crippen LogP contribution is 2.44. The van der Waals surface area contributed by atoms with E-state index in [1.807, 2.05) is 6.08 Å². The van der Waals surface area contributed by atoms with E-state index in [2.05, 4.69) is 9.97 Å². The maximum Gasteiger partial charge on any atom is 0.429 e. The second-order valence-electron chi connectivity index (χ2n) is 9.60. The molecule has 11 heteroatoms. The molecule has 2 unspecified atom stereocenters. The van der Waals surface area contributed by atoms with Gasteiger partial charge in [-0.3, -0.25) is 4.79 Å². The molecule has 2 heterocycles. The molecule has 2 atom stereocenters. The molecule has 0 radical (unpaired) electrons. The van der Waals surface area contributed by atoms with Gasteiger partial charge in [-0.1, -0.05) is 48.0 Å². The number of rotatable bonds is 8. The van der Waals surface area contributed by atoms with Gasteiger partial charge < -0.3 is 15.6 Å². The van der Waals surface area contributed by atoms with Crippen LogP contribution in [-0.2, 0) is 11.2 Å². The predicted molar refractivity (Wildman–Crippen MR) is 149 cm³/mol. The Kier molecular flexibility index (Phi) is 8.11. The van der Waals surface area contributed by atoms with Crippen LogP contribution in [0.2, 0.25) is 5.02 Å². The summed E-state index contributed by atoms with van der Waals surface area (Å²) in [7, 11) is 0. The zero-order chi connectivity index (χ0) is 28.4. The molecule has 208 valence electrons. The van der Waals surface area contributed by atoms with Crippen LogP contribution in [0.1, 0.15) is 48.5 Å². The molecule has 1 aliphatic carbocycles. The second kappa shape index (κ2) is 11.6. The van der Waals surface area contributed by atoms with Crippen LogP contribution < -0.4 is 10.5 Å². The van der Waals surface area contributed by atoms with E-state index in [0.717, 1.165) is 36.0 Å². The fourth-order valence-electron chi connectivity index (χ4n) is 4.82. The Bertz CT molecular complexity index is 1570. The van der Waals surface area contributed by atoms with E-state index in [9.17, 15) is 18.0 Å². The Labute approximate surface area is 237 Å². The maximum atomic E-state index is 14.5. The third kappa shape index (κ3) is 5.99. The van der Waals surface area contributed by atoms with Crippen LogP contribution in [-0.4, -0.2) is 33.3 Å². The zero-order valence-electron chi connectivity index (χ0n) is 21.1. The van der Waals surface area contributed by atoms with Crippen LogP contribution >= 0.6 is 22.9 Å². The Morgan fingerprint density at radius 1 is 1.12 bits per heavy atom. The van der Waals surface area contributed by atoms with Crippen molar-refractivity contribution in [1.29, 1.82) is 0 Å². The standard InChI is InChI=1S/C29H25ClF3N3O3S/c30-19-10-11-20(21(13-19)17-4-2-1-3-5-17)26(29(31,32)33)39-27-25-24(35-15-36-27)22(14-40-25)18-8-6-16(7-9-18)12-23(34)28(37)38/h4,6-11,13-15,23,26H,1-3,5,12,34H2,(H,37,38). The first-order chi connectivity index (χ1) is 19.1. The van der Waals surface area contributed by atoms with Gasteiger partial charge in [-0.25, -0.2) is 9.97 Å². The fourth-order valence-corrected chi connectivity index (χ4v) is 5.95. The summed E-state index contributed by atoms with van der Waals surface area (Å²) in [4.78, 5) is 19.5. The number of allylic oxidation sites excluding steroid dienone is 2. The molecule has 0 bridgehead atoms. The van der Waals surface area contributed by atoms with Crippen molar-refractivity contribution >= 4 is 44.7 Å². The number of benzene rings is 2. The van der Waals surface area contributed by atoms with E-state index in [1.54, 1.807) is 35.7 Å². The van der Waals surface area contributed by atoms with Gasteiger partial charge in [0.15, 0.2) is 0 Å². The minimum absolute atomic E-state index is 0.0104. The molecule has 4 aromatic rings. The van der Waals surface area contributed by atoms with Crippen LogP contribution in [0.25, 0.3) is 26.9 Å². The molecule has 0 fully saturated rings. The van der Waals surface area contributed by atoms with E-state index in [4.69, 9.17) is 27.2 Å². The third-order valence-corrected chi connectivity index (χ3v) is 8.01.